The van der Waals surface area contributed by atoms with Gasteiger partial charge < -0.3 is 0 Å². The number of benzene rings is 8. The van der Waals surface area contributed by atoms with E-state index in [-0.39, 0.29) is 6.04 Å². The van der Waals surface area contributed by atoms with E-state index in [0.717, 1.165) is 61.3 Å². The Bertz CT molecular complexity index is 2860. The molecule has 2 heterocycles. The molecule has 0 radical (unpaired) electrons. The van der Waals surface area contributed by atoms with E-state index in [4.69, 9.17) is 24.9 Å². The van der Waals surface area contributed by atoms with Crippen molar-refractivity contribution < 1.29 is 0 Å². The van der Waals surface area contributed by atoms with Crippen molar-refractivity contribution in [1.29, 1.82) is 0 Å². The molecule has 1 aliphatic heterocycles. The molecular weight excluding hydrogens is 683 g/mol. The fraction of sp³-hybridized carbons (Fsp3) is 0.0392. The smallest absolute Gasteiger partial charge is 0.164 e. The van der Waals surface area contributed by atoms with E-state index in [1.54, 1.807) is 0 Å². The van der Waals surface area contributed by atoms with E-state index in [1.165, 1.54) is 16.3 Å². The van der Waals surface area contributed by atoms with Crippen LogP contribution in [0.4, 0.5) is 0 Å². The van der Waals surface area contributed by atoms with E-state index in [1.807, 2.05) is 60.7 Å². The van der Waals surface area contributed by atoms with Crippen LogP contribution in [0.2, 0.25) is 0 Å². The van der Waals surface area contributed by atoms with Crippen LogP contribution < -0.4 is 0 Å². The number of nitrogens with zero attached hydrogens (tertiary/aromatic N) is 5. The molecule has 1 atom stereocenters. The van der Waals surface area contributed by atoms with Crippen molar-refractivity contribution in [2.45, 2.75) is 12.5 Å². The molecule has 10 rings (SSSR count). The standard InChI is InChI=1S/C51H35N5/c1-4-16-36(17-5-1)45-33-46(53-50(52-45)42-29-24-34-14-10-11-22-41(34)32-42)37-25-27-38(28-26-37)47-43-23-13-12-15-35(43)30-31-44(47)51-55-48(39-18-6-2-7-19-39)54-49(56-51)40-20-8-3-9-21-40/h1-32,45H,33H2. The van der Waals surface area contributed by atoms with Crippen LogP contribution in [0, 0.1) is 0 Å². The Morgan fingerprint density at radius 1 is 0.393 bits per heavy atom. The summed E-state index contributed by atoms with van der Waals surface area (Å²) in [6.07, 6.45) is 0.704. The van der Waals surface area contributed by atoms with Crippen LogP contribution in [0.1, 0.15) is 29.2 Å². The van der Waals surface area contributed by atoms with Gasteiger partial charge in [0.25, 0.3) is 0 Å². The van der Waals surface area contributed by atoms with E-state index >= 15 is 0 Å². The summed E-state index contributed by atoms with van der Waals surface area (Å²) in [6.45, 7) is 0. The molecule has 0 spiro atoms. The van der Waals surface area contributed by atoms with Crippen molar-refractivity contribution in [1.82, 2.24) is 15.0 Å². The van der Waals surface area contributed by atoms with Crippen LogP contribution in [0.3, 0.4) is 0 Å². The molecule has 0 saturated heterocycles. The highest BCUT2D eigenvalue weighted by atomic mass is 15.0. The average molecular weight is 718 g/mol. The van der Waals surface area contributed by atoms with Gasteiger partial charge in [-0.05, 0) is 50.4 Å². The van der Waals surface area contributed by atoms with Crippen molar-refractivity contribution in [3.05, 3.63) is 211 Å². The second-order valence-electron chi connectivity index (χ2n) is 14.0. The molecular formula is C51H35N5. The molecule has 1 unspecified atom stereocenters. The third-order valence-electron chi connectivity index (χ3n) is 10.5. The van der Waals surface area contributed by atoms with Crippen molar-refractivity contribution in [2.24, 2.45) is 9.98 Å². The zero-order valence-corrected chi connectivity index (χ0v) is 30.5. The largest absolute Gasteiger partial charge is 0.258 e. The predicted molar refractivity (Wildman–Crippen MR) is 230 cm³/mol. The lowest BCUT2D eigenvalue weighted by atomic mass is 9.90. The molecule has 5 heteroatoms. The van der Waals surface area contributed by atoms with Gasteiger partial charge in [0.2, 0.25) is 0 Å². The second-order valence-corrected chi connectivity index (χ2v) is 14.0. The van der Waals surface area contributed by atoms with E-state index < -0.39 is 0 Å². The summed E-state index contributed by atoms with van der Waals surface area (Å²) in [4.78, 5) is 25.7. The molecule has 0 fully saturated rings. The monoisotopic (exact) mass is 717 g/mol. The Labute approximate surface area is 325 Å². The van der Waals surface area contributed by atoms with Gasteiger partial charge in [-0.25, -0.2) is 19.9 Å². The molecule has 9 aromatic rings. The Morgan fingerprint density at radius 2 is 0.929 bits per heavy atom. The molecule has 0 N–H and O–H groups in total. The second kappa shape index (κ2) is 14.5. The zero-order valence-electron chi connectivity index (χ0n) is 30.5. The first kappa shape index (κ1) is 33.2. The number of aliphatic imine (C=N–C) groups is 2. The first-order valence-electron chi connectivity index (χ1n) is 18.9. The van der Waals surface area contributed by atoms with E-state index in [2.05, 4.69) is 133 Å². The molecule has 264 valence electrons. The van der Waals surface area contributed by atoms with Gasteiger partial charge in [0.05, 0.1) is 11.8 Å². The maximum absolute atomic E-state index is 5.24. The van der Waals surface area contributed by atoms with Gasteiger partial charge in [0, 0.05) is 34.2 Å². The number of fused-ring (bicyclic) bond motifs is 2. The first-order chi connectivity index (χ1) is 27.7. The summed E-state index contributed by atoms with van der Waals surface area (Å²) in [7, 11) is 0. The highest BCUT2D eigenvalue weighted by molar-refractivity contribution is 6.15. The normalized spacial score (nSPS) is 14.0. The lowest BCUT2D eigenvalue weighted by Crippen LogP contribution is -2.17. The van der Waals surface area contributed by atoms with Gasteiger partial charge in [-0.15, -0.1) is 0 Å². The van der Waals surface area contributed by atoms with Gasteiger partial charge in [-0.3, -0.25) is 4.99 Å². The molecule has 56 heavy (non-hydrogen) atoms. The average Bonchev–Trinajstić information content (AvgIpc) is 3.29. The lowest BCUT2D eigenvalue weighted by Gasteiger charge is -2.22. The van der Waals surface area contributed by atoms with E-state index in [0.29, 0.717) is 23.9 Å². The highest BCUT2D eigenvalue weighted by Gasteiger charge is 2.23. The highest BCUT2D eigenvalue weighted by Crippen LogP contribution is 2.39. The van der Waals surface area contributed by atoms with Gasteiger partial charge in [-0.2, -0.15) is 0 Å². The van der Waals surface area contributed by atoms with Crippen LogP contribution in [0.15, 0.2) is 204 Å². The van der Waals surface area contributed by atoms with E-state index in [9.17, 15) is 0 Å². The summed E-state index contributed by atoms with van der Waals surface area (Å²) < 4.78 is 0. The molecule has 1 aromatic heterocycles. The molecule has 0 amide bonds. The molecule has 0 aliphatic carbocycles. The molecule has 1 aliphatic rings. The Morgan fingerprint density at radius 3 is 1.62 bits per heavy atom. The topological polar surface area (TPSA) is 63.4 Å². The van der Waals surface area contributed by atoms with Crippen LogP contribution in [0.25, 0.3) is 66.8 Å². The van der Waals surface area contributed by atoms with Gasteiger partial charge in [-0.1, -0.05) is 182 Å². The quantitative estimate of drug-likeness (QED) is 0.165. The number of rotatable bonds is 7. The van der Waals surface area contributed by atoms with Crippen molar-refractivity contribution in [3.63, 3.8) is 0 Å². The number of hydrogen-bond donors (Lipinski definition) is 0. The molecule has 0 saturated carbocycles. The number of aromatic nitrogens is 3. The van der Waals surface area contributed by atoms with Crippen LogP contribution in [0.5, 0.6) is 0 Å². The number of amidine groups is 1. The van der Waals surface area contributed by atoms with Gasteiger partial charge in [0.1, 0.15) is 0 Å². The fourth-order valence-corrected chi connectivity index (χ4v) is 7.62. The molecule has 0 bridgehead atoms. The van der Waals surface area contributed by atoms with Crippen LogP contribution in [-0.4, -0.2) is 26.5 Å². The Kier molecular flexibility index (Phi) is 8.58. The molecule has 5 nitrogen and oxygen atoms in total. The predicted octanol–water partition coefficient (Wildman–Crippen LogP) is 12.2. The zero-order chi connectivity index (χ0) is 37.3. The Hall–Kier alpha value is -7.37. The van der Waals surface area contributed by atoms with Crippen LogP contribution in [-0.2, 0) is 0 Å². The third kappa shape index (κ3) is 6.46. The van der Waals surface area contributed by atoms with Gasteiger partial charge >= 0.3 is 0 Å². The van der Waals surface area contributed by atoms with Crippen molar-refractivity contribution in [3.8, 4) is 45.3 Å². The molecule has 8 aromatic carbocycles. The van der Waals surface area contributed by atoms with Crippen LogP contribution >= 0.6 is 0 Å². The summed E-state index contributed by atoms with van der Waals surface area (Å²) in [5, 5.41) is 4.65. The SMILES string of the molecule is c1ccc(-c2nc(-c3ccccc3)nc(-c3ccc4ccccc4c3-c3ccc(C4=NC(c5ccc6ccccc6c5)=NC(c5ccccc5)C4)cc3)n2)cc1. The summed E-state index contributed by atoms with van der Waals surface area (Å²) in [5.74, 6) is 2.65. The maximum atomic E-state index is 5.24. The first-order valence-corrected chi connectivity index (χ1v) is 18.9. The van der Waals surface area contributed by atoms with Gasteiger partial charge in [0.15, 0.2) is 23.3 Å². The minimum atomic E-state index is -0.0454. The Balaban J connectivity index is 1.09. The minimum Gasteiger partial charge on any atom is -0.258 e. The fourth-order valence-electron chi connectivity index (χ4n) is 7.62. The summed E-state index contributed by atoms with van der Waals surface area (Å²) in [5.41, 5.74) is 9.24. The third-order valence-corrected chi connectivity index (χ3v) is 10.5. The summed E-state index contributed by atoms with van der Waals surface area (Å²) in [6, 6.07) is 67.3. The maximum Gasteiger partial charge on any atom is 0.164 e. The lowest BCUT2D eigenvalue weighted by molar-refractivity contribution is 0.753. The van der Waals surface area contributed by atoms with Crippen molar-refractivity contribution >= 4 is 33.1 Å². The number of hydrogen-bond acceptors (Lipinski definition) is 5. The minimum absolute atomic E-state index is 0.0454. The van der Waals surface area contributed by atoms with Crippen molar-refractivity contribution in [2.75, 3.05) is 0 Å². The summed E-state index contributed by atoms with van der Waals surface area (Å²) >= 11 is 0.